The summed E-state index contributed by atoms with van der Waals surface area (Å²) >= 11 is 3.47. The number of fused-ring (bicyclic) bond motifs is 1. The van der Waals surface area contributed by atoms with Crippen LogP contribution in [0.4, 0.5) is 0 Å². The molecule has 1 aromatic carbocycles. The number of hydrogen-bond acceptors (Lipinski definition) is 3. The van der Waals surface area contributed by atoms with E-state index in [1.165, 1.54) is 24.0 Å². The van der Waals surface area contributed by atoms with Crippen LogP contribution in [0.25, 0.3) is 5.65 Å². The van der Waals surface area contributed by atoms with Crippen molar-refractivity contribution in [1.29, 1.82) is 0 Å². The molecular weight excluding hydrogens is 442 g/mol. The van der Waals surface area contributed by atoms with Crippen LogP contribution in [0.2, 0.25) is 0 Å². The molecule has 0 radical (unpaired) electrons. The van der Waals surface area contributed by atoms with Crippen molar-refractivity contribution in [3.05, 3.63) is 88.0 Å². The summed E-state index contributed by atoms with van der Waals surface area (Å²) in [6, 6.07) is 12.4. The van der Waals surface area contributed by atoms with Gasteiger partial charge in [-0.05, 0) is 54.5 Å². The topological polar surface area (TPSA) is 64.2 Å². The molecule has 1 aliphatic carbocycles. The Balaban J connectivity index is 1.19. The van der Waals surface area contributed by atoms with Crippen LogP contribution in [0, 0.1) is 0 Å². The lowest BCUT2D eigenvalue weighted by Gasteiger charge is -2.04. The minimum Gasteiger partial charge on any atom is -0.352 e. The van der Waals surface area contributed by atoms with E-state index in [-0.39, 0.29) is 5.91 Å². The van der Waals surface area contributed by atoms with E-state index < -0.39 is 0 Å². The zero-order valence-electron chi connectivity index (χ0n) is 16.5. The lowest BCUT2D eigenvalue weighted by Crippen LogP contribution is -2.25. The van der Waals surface area contributed by atoms with E-state index in [0.29, 0.717) is 18.7 Å². The fourth-order valence-corrected chi connectivity index (χ4v) is 4.09. The standard InChI is InChI=1S/C23H22BrN5O/c24-20-3-1-2-16(10-20)8-9-25-23(30)19-11-26-29(13-19)15-21-14-28-12-18(17-4-5-17)6-7-22(28)27-21/h1-3,6-7,10-14,17H,4-5,8-9,15H2,(H,25,30). The molecule has 1 saturated carbocycles. The van der Waals surface area contributed by atoms with Gasteiger partial charge >= 0.3 is 0 Å². The van der Waals surface area contributed by atoms with Crippen LogP contribution in [0.3, 0.4) is 0 Å². The highest BCUT2D eigenvalue weighted by molar-refractivity contribution is 9.10. The van der Waals surface area contributed by atoms with Gasteiger partial charge in [0, 0.05) is 29.6 Å². The molecule has 3 heterocycles. The van der Waals surface area contributed by atoms with Gasteiger partial charge in [0.25, 0.3) is 5.91 Å². The van der Waals surface area contributed by atoms with Crippen molar-refractivity contribution in [2.75, 3.05) is 6.54 Å². The summed E-state index contributed by atoms with van der Waals surface area (Å²) in [4.78, 5) is 17.1. The number of carbonyl (C=O) groups is 1. The van der Waals surface area contributed by atoms with Gasteiger partial charge in [0.15, 0.2) is 0 Å². The number of benzene rings is 1. The summed E-state index contributed by atoms with van der Waals surface area (Å²) in [5, 5.41) is 7.30. The second-order valence-electron chi connectivity index (χ2n) is 7.80. The molecule has 5 rings (SSSR count). The minimum absolute atomic E-state index is 0.111. The fourth-order valence-electron chi connectivity index (χ4n) is 3.64. The molecule has 30 heavy (non-hydrogen) atoms. The van der Waals surface area contributed by atoms with Gasteiger partial charge in [0.1, 0.15) is 5.65 Å². The first kappa shape index (κ1) is 19.1. The highest BCUT2D eigenvalue weighted by Gasteiger charge is 2.23. The Bertz CT molecular complexity index is 1210. The molecule has 0 spiro atoms. The molecule has 3 aromatic heterocycles. The molecule has 4 aromatic rings. The van der Waals surface area contributed by atoms with Crippen molar-refractivity contribution < 1.29 is 4.79 Å². The minimum atomic E-state index is -0.111. The van der Waals surface area contributed by atoms with E-state index in [1.807, 2.05) is 18.3 Å². The van der Waals surface area contributed by atoms with Crippen LogP contribution in [-0.2, 0) is 13.0 Å². The number of aromatic nitrogens is 4. The maximum absolute atomic E-state index is 12.4. The molecule has 1 fully saturated rings. The SMILES string of the molecule is O=C(NCCc1cccc(Br)c1)c1cnn(Cc2cn3cc(C4CC4)ccc3n2)c1. The Kier molecular flexibility index (Phi) is 5.12. The first-order valence-corrected chi connectivity index (χ1v) is 11.0. The molecule has 0 atom stereocenters. The summed E-state index contributed by atoms with van der Waals surface area (Å²) in [5.41, 5.74) is 4.98. The number of pyridine rings is 1. The van der Waals surface area contributed by atoms with Crippen LogP contribution < -0.4 is 5.32 Å². The zero-order valence-corrected chi connectivity index (χ0v) is 18.0. The third-order valence-electron chi connectivity index (χ3n) is 5.38. The average molecular weight is 464 g/mol. The molecule has 1 amide bonds. The van der Waals surface area contributed by atoms with Crippen molar-refractivity contribution in [2.45, 2.75) is 31.7 Å². The quantitative estimate of drug-likeness (QED) is 0.446. The molecule has 7 heteroatoms. The third-order valence-corrected chi connectivity index (χ3v) is 5.87. The number of halogens is 1. The summed E-state index contributed by atoms with van der Waals surface area (Å²) in [6.07, 6.45) is 11.0. The lowest BCUT2D eigenvalue weighted by atomic mass is 10.1. The van der Waals surface area contributed by atoms with Gasteiger partial charge in [-0.2, -0.15) is 5.10 Å². The summed E-state index contributed by atoms with van der Waals surface area (Å²) in [7, 11) is 0. The van der Waals surface area contributed by atoms with E-state index in [2.05, 4.69) is 66.2 Å². The first-order valence-electron chi connectivity index (χ1n) is 10.2. The first-order chi connectivity index (χ1) is 14.6. The van der Waals surface area contributed by atoms with Gasteiger partial charge in [-0.25, -0.2) is 4.98 Å². The van der Waals surface area contributed by atoms with Crippen molar-refractivity contribution in [3.8, 4) is 0 Å². The maximum Gasteiger partial charge on any atom is 0.254 e. The molecule has 1 N–H and O–H groups in total. The Morgan fingerprint density at radius 3 is 2.90 bits per heavy atom. The molecule has 1 aliphatic rings. The van der Waals surface area contributed by atoms with Gasteiger partial charge in [-0.15, -0.1) is 0 Å². The highest BCUT2D eigenvalue weighted by Crippen LogP contribution is 2.39. The average Bonchev–Trinajstić information content (AvgIpc) is 3.35. The largest absolute Gasteiger partial charge is 0.352 e. The predicted molar refractivity (Wildman–Crippen MR) is 119 cm³/mol. The molecule has 0 unspecified atom stereocenters. The number of rotatable bonds is 7. The maximum atomic E-state index is 12.4. The number of nitrogens with one attached hydrogen (secondary N) is 1. The van der Waals surface area contributed by atoms with E-state index >= 15 is 0 Å². The second-order valence-corrected chi connectivity index (χ2v) is 8.71. The van der Waals surface area contributed by atoms with E-state index in [9.17, 15) is 4.79 Å². The number of nitrogens with zero attached hydrogens (tertiary/aromatic N) is 4. The van der Waals surface area contributed by atoms with Crippen LogP contribution in [-0.4, -0.2) is 31.6 Å². The van der Waals surface area contributed by atoms with Crippen molar-refractivity contribution in [2.24, 2.45) is 0 Å². The zero-order chi connectivity index (χ0) is 20.5. The van der Waals surface area contributed by atoms with Crippen LogP contribution >= 0.6 is 15.9 Å². The van der Waals surface area contributed by atoms with Gasteiger partial charge in [-0.1, -0.05) is 34.1 Å². The number of imidazole rings is 1. The van der Waals surface area contributed by atoms with Crippen LogP contribution in [0.1, 0.15) is 45.9 Å². The monoisotopic (exact) mass is 463 g/mol. The smallest absolute Gasteiger partial charge is 0.254 e. The van der Waals surface area contributed by atoms with Crippen molar-refractivity contribution in [1.82, 2.24) is 24.5 Å². The van der Waals surface area contributed by atoms with Crippen LogP contribution in [0.5, 0.6) is 0 Å². The lowest BCUT2D eigenvalue weighted by molar-refractivity contribution is 0.0954. The molecular formula is C23H22BrN5O. The Labute approximate surface area is 183 Å². The summed E-state index contributed by atoms with van der Waals surface area (Å²) in [6.45, 7) is 1.11. The van der Waals surface area contributed by atoms with Crippen molar-refractivity contribution in [3.63, 3.8) is 0 Å². The summed E-state index contributed by atoms with van der Waals surface area (Å²) < 4.78 is 4.89. The van der Waals surface area contributed by atoms with Crippen LogP contribution in [0.15, 0.2) is 65.7 Å². The Morgan fingerprint density at radius 2 is 2.07 bits per heavy atom. The van der Waals surface area contributed by atoms with Gasteiger partial charge in [0.2, 0.25) is 0 Å². The fraction of sp³-hybridized carbons (Fsp3) is 0.261. The molecule has 6 nitrogen and oxygen atoms in total. The molecule has 0 saturated heterocycles. The number of carbonyl (C=O) groups excluding carboxylic acids is 1. The highest BCUT2D eigenvalue weighted by atomic mass is 79.9. The molecule has 0 bridgehead atoms. The van der Waals surface area contributed by atoms with E-state index in [1.54, 1.807) is 17.1 Å². The van der Waals surface area contributed by atoms with Crippen molar-refractivity contribution >= 4 is 27.5 Å². The number of amides is 1. The van der Waals surface area contributed by atoms with E-state index in [4.69, 9.17) is 0 Å². The van der Waals surface area contributed by atoms with Gasteiger partial charge < -0.3 is 9.72 Å². The molecule has 152 valence electrons. The van der Waals surface area contributed by atoms with Gasteiger partial charge in [0.05, 0.1) is 24.0 Å². The molecule has 0 aliphatic heterocycles. The Hall–Kier alpha value is -2.93. The van der Waals surface area contributed by atoms with Gasteiger partial charge in [-0.3, -0.25) is 9.48 Å². The normalized spacial score (nSPS) is 13.6. The number of hydrogen-bond donors (Lipinski definition) is 1. The second kappa shape index (κ2) is 8.07. The van der Waals surface area contributed by atoms with E-state index in [0.717, 1.165) is 28.2 Å². The third kappa shape index (κ3) is 4.31. The Morgan fingerprint density at radius 1 is 1.17 bits per heavy atom. The summed E-state index contributed by atoms with van der Waals surface area (Å²) in [5.74, 6) is 0.608. The predicted octanol–water partition coefficient (Wildman–Crippen LogP) is 4.19.